The van der Waals surface area contributed by atoms with Crippen molar-refractivity contribution in [1.82, 2.24) is 15.6 Å². The number of aliphatic imine (C=N–C) groups is 1. The van der Waals surface area contributed by atoms with Gasteiger partial charge in [-0.2, -0.15) is 0 Å². The van der Waals surface area contributed by atoms with E-state index in [9.17, 15) is 4.39 Å². The van der Waals surface area contributed by atoms with Crippen molar-refractivity contribution < 1.29 is 13.5 Å². The van der Waals surface area contributed by atoms with Crippen LogP contribution in [0.3, 0.4) is 0 Å². The molecule has 1 aromatic heterocycles. The molecule has 0 amide bonds. The first-order valence-electron chi connectivity index (χ1n) is 10.1. The number of nitrogens with one attached hydrogen (secondary N) is 2. The minimum absolute atomic E-state index is 0. The van der Waals surface area contributed by atoms with Crippen LogP contribution < -0.4 is 10.6 Å². The molecule has 2 N–H and O–H groups in total. The van der Waals surface area contributed by atoms with Crippen LogP contribution in [0.2, 0.25) is 0 Å². The Kier molecular flexibility index (Phi) is 8.66. The largest absolute Gasteiger partial charge is 0.443 e. The second-order valence-corrected chi connectivity index (χ2v) is 8.55. The molecule has 1 fully saturated rings. The summed E-state index contributed by atoms with van der Waals surface area (Å²) in [5, 5.41) is 6.68. The fourth-order valence-electron chi connectivity index (χ4n) is 3.50. The van der Waals surface area contributed by atoms with Gasteiger partial charge < -0.3 is 19.8 Å². The Labute approximate surface area is 195 Å². The zero-order valence-corrected chi connectivity index (χ0v) is 20.5. The molecular weight excluding hydrogens is 498 g/mol. The van der Waals surface area contributed by atoms with Crippen LogP contribution >= 0.6 is 24.0 Å². The molecule has 1 aliphatic rings. The first-order chi connectivity index (χ1) is 13.8. The lowest BCUT2D eigenvalue weighted by Gasteiger charge is -2.38. The molecule has 2 aromatic rings. The summed E-state index contributed by atoms with van der Waals surface area (Å²) in [4.78, 5) is 8.66. The Morgan fingerprint density at radius 2 is 1.83 bits per heavy atom. The van der Waals surface area contributed by atoms with E-state index in [1.807, 2.05) is 12.1 Å². The van der Waals surface area contributed by atoms with Gasteiger partial charge in [0.15, 0.2) is 5.96 Å². The minimum atomic E-state index is -0.220. The Morgan fingerprint density at radius 3 is 2.40 bits per heavy atom. The molecular formula is C22H32FIN4O2. The second kappa shape index (κ2) is 10.6. The van der Waals surface area contributed by atoms with Crippen molar-refractivity contribution in [2.24, 2.45) is 4.99 Å². The third-order valence-electron chi connectivity index (χ3n) is 5.42. The zero-order chi connectivity index (χ0) is 20.9. The van der Waals surface area contributed by atoms with Crippen LogP contribution in [0.15, 0.2) is 39.9 Å². The maximum absolute atomic E-state index is 13.4. The summed E-state index contributed by atoms with van der Waals surface area (Å²) < 4.78 is 24.8. The van der Waals surface area contributed by atoms with Gasteiger partial charge in [-0.3, -0.25) is 4.99 Å². The van der Waals surface area contributed by atoms with Crippen molar-refractivity contribution in [3.63, 3.8) is 0 Å². The number of hydrogen-bond acceptors (Lipinski definition) is 4. The number of aromatic nitrogens is 1. The Hall–Kier alpha value is -1.68. The molecule has 0 aliphatic carbocycles. The predicted octanol–water partition coefficient (Wildman–Crippen LogP) is 4.14. The minimum Gasteiger partial charge on any atom is -0.443 e. The normalized spacial score (nSPS) is 16.6. The van der Waals surface area contributed by atoms with Crippen LogP contribution in [0.5, 0.6) is 0 Å². The number of hydrogen-bond donors (Lipinski definition) is 2. The summed E-state index contributed by atoms with van der Waals surface area (Å²) in [7, 11) is 1.74. The molecule has 3 rings (SSSR count). The van der Waals surface area contributed by atoms with E-state index < -0.39 is 0 Å². The highest BCUT2D eigenvalue weighted by molar-refractivity contribution is 14.0. The van der Waals surface area contributed by atoms with Gasteiger partial charge in [0.25, 0.3) is 0 Å². The molecule has 30 heavy (non-hydrogen) atoms. The van der Waals surface area contributed by atoms with E-state index in [-0.39, 0.29) is 40.6 Å². The molecule has 0 saturated carbocycles. The standard InChI is InChI=1S/C22H31FN4O2.HI/c1-21(2,3)18-13-25-19(29-18)14-26-20(24-4)27-15-22(9-11-28-12-10-22)16-5-7-17(23)8-6-16;/h5-8,13H,9-12,14-15H2,1-4H3,(H2,24,26,27);1H. The lowest BCUT2D eigenvalue weighted by molar-refractivity contribution is 0.0513. The van der Waals surface area contributed by atoms with Gasteiger partial charge in [-0.05, 0) is 30.5 Å². The number of rotatable bonds is 5. The Balaban J connectivity index is 0.00000320. The number of nitrogens with zero attached hydrogens (tertiary/aromatic N) is 2. The molecule has 166 valence electrons. The van der Waals surface area contributed by atoms with Crippen LogP contribution in [0.4, 0.5) is 4.39 Å². The van der Waals surface area contributed by atoms with E-state index in [2.05, 4.69) is 41.4 Å². The Bertz CT molecular complexity index is 824. The predicted molar refractivity (Wildman–Crippen MR) is 127 cm³/mol. The molecule has 8 heteroatoms. The summed E-state index contributed by atoms with van der Waals surface area (Å²) >= 11 is 0. The summed E-state index contributed by atoms with van der Waals surface area (Å²) in [6.07, 6.45) is 3.52. The van der Waals surface area contributed by atoms with E-state index in [4.69, 9.17) is 9.15 Å². The van der Waals surface area contributed by atoms with Crippen molar-refractivity contribution in [2.45, 2.75) is 51.0 Å². The van der Waals surface area contributed by atoms with Crippen molar-refractivity contribution in [1.29, 1.82) is 0 Å². The summed E-state index contributed by atoms with van der Waals surface area (Å²) in [5.74, 6) is 1.93. The number of benzene rings is 1. The monoisotopic (exact) mass is 530 g/mol. The van der Waals surface area contributed by atoms with Crippen molar-refractivity contribution in [2.75, 3.05) is 26.8 Å². The quantitative estimate of drug-likeness (QED) is 0.346. The van der Waals surface area contributed by atoms with Crippen LogP contribution in [0.1, 0.15) is 50.8 Å². The van der Waals surface area contributed by atoms with Gasteiger partial charge >= 0.3 is 0 Å². The number of halogens is 2. The second-order valence-electron chi connectivity index (χ2n) is 8.55. The average Bonchev–Trinajstić information content (AvgIpc) is 3.19. The molecule has 1 aromatic carbocycles. The zero-order valence-electron chi connectivity index (χ0n) is 18.1. The first kappa shape index (κ1) is 24.6. The van der Waals surface area contributed by atoms with Crippen molar-refractivity contribution in [3.05, 3.63) is 53.5 Å². The summed E-state index contributed by atoms with van der Waals surface area (Å²) in [6.45, 7) is 8.78. The van der Waals surface area contributed by atoms with Crippen LogP contribution in [0, 0.1) is 5.82 Å². The molecule has 0 bridgehead atoms. The molecule has 2 heterocycles. The van der Waals surface area contributed by atoms with E-state index in [1.54, 1.807) is 13.2 Å². The van der Waals surface area contributed by atoms with Crippen molar-refractivity contribution in [3.8, 4) is 0 Å². The van der Waals surface area contributed by atoms with Gasteiger partial charge in [-0.1, -0.05) is 32.9 Å². The van der Waals surface area contributed by atoms with Gasteiger partial charge in [0.1, 0.15) is 11.6 Å². The fraction of sp³-hybridized carbons (Fsp3) is 0.545. The van der Waals surface area contributed by atoms with Crippen LogP contribution in [0.25, 0.3) is 0 Å². The maximum atomic E-state index is 13.4. The third kappa shape index (κ3) is 6.16. The topological polar surface area (TPSA) is 71.7 Å². The molecule has 0 atom stereocenters. The van der Waals surface area contributed by atoms with E-state index in [0.717, 1.165) is 24.2 Å². The number of ether oxygens (including phenoxy) is 1. The smallest absolute Gasteiger partial charge is 0.213 e. The fourth-order valence-corrected chi connectivity index (χ4v) is 3.50. The highest BCUT2D eigenvalue weighted by Crippen LogP contribution is 2.34. The molecule has 0 spiro atoms. The van der Waals surface area contributed by atoms with E-state index >= 15 is 0 Å². The highest BCUT2D eigenvalue weighted by atomic mass is 127. The lowest BCUT2D eigenvalue weighted by Crippen LogP contribution is -2.48. The summed E-state index contributed by atoms with van der Waals surface area (Å²) in [5.41, 5.74) is 0.925. The Morgan fingerprint density at radius 1 is 1.17 bits per heavy atom. The molecule has 0 radical (unpaired) electrons. The number of oxazole rings is 1. The third-order valence-corrected chi connectivity index (χ3v) is 5.42. The van der Waals surface area contributed by atoms with Gasteiger partial charge in [-0.25, -0.2) is 9.37 Å². The molecule has 0 unspecified atom stereocenters. The number of guanidine groups is 1. The van der Waals surface area contributed by atoms with Gasteiger partial charge in [-0.15, -0.1) is 24.0 Å². The first-order valence-corrected chi connectivity index (χ1v) is 10.1. The van der Waals surface area contributed by atoms with Gasteiger partial charge in [0.2, 0.25) is 5.89 Å². The average molecular weight is 530 g/mol. The molecule has 6 nitrogen and oxygen atoms in total. The highest BCUT2D eigenvalue weighted by Gasteiger charge is 2.34. The maximum Gasteiger partial charge on any atom is 0.213 e. The molecule has 1 aliphatic heterocycles. The van der Waals surface area contributed by atoms with E-state index in [0.29, 0.717) is 38.2 Å². The van der Waals surface area contributed by atoms with Gasteiger partial charge in [0.05, 0.1) is 12.7 Å². The SMILES string of the molecule is CN=C(NCc1ncc(C(C)(C)C)o1)NCC1(c2ccc(F)cc2)CCOCC1.I. The van der Waals surface area contributed by atoms with Crippen molar-refractivity contribution >= 4 is 29.9 Å². The summed E-state index contributed by atoms with van der Waals surface area (Å²) in [6, 6.07) is 6.79. The van der Waals surface area contributed by atoms with Crippen LogP contribution in [-0.4, -0.2) is 37.7 Å². The van der Waals surface area contributed by atoms with Gasteiger partial charge in [0, 0.05) is 37.6 Å². The molecule has 1 saturated heterocycles. The van der Waals surface area contributed by atoms with Crippen LogP contribution in [-0.2, 0) is 22.1 Å². The lowest BCUT2D eigenvalue weighted by atomic mass is 9.74. The van der Waals surface area contributed by atoms with E-state index in [1.165, 1.54) is 12.1 Å².